The number of allylic oxidation sites excluding steroid dienone is 1. The van der Waals surface area contributed by atoms with Crippen LogP contribution in [0.25, 0.3) is 0 Å². The van der Waals surface area contributed by atoms with Crippen molar-refractivity contribution in [2.24, 2.45) is 5.92 Å². The molecule has 1 atom stereocenters. The highest BCUT2D eigenvalue weighted by Crippen LogP contribution is 2.17. The van der Waals surface area contributed by atoms with E-state index >= 15 is 0 Å². The first kappa shape index (κ1) is 13.5. The largest absolute Gasteiger partial charge is 0.481 e. The summed E-state index contributed by atoms with van der Waals surface area (Å²) in [6.07, 6.45) is 2.80. The summed E-state index contributed by atoms with van der Waals surface area (Å²) in [4.78, 5) is 19.6. The first-order chi connectivity index (χ1) is 6.93. The van der Waals surface area contributed by atoms with Crippen LogP contribution in [0.1, 0.15) is 27.2 Å². The van der Waals surface area contributed by atoms with Crippen LogP contribution >= 0.6 is 0 Å². The number of esters is 1. The third-order valence-electron chi connectivity index (χ3n) is 1.71. The molecule has 0 radical (unpaired) electrons. The number of ether oxygens (including phenoxy) is 1. The standard InChI is InChI=1S/C8H13NO2.C2H4O2/c1-6-3-4-9-5-8(6)11-7(2)10;1-2(3)4/h5-6,9H,3-4H2,1-2H3;1H3,(H,3,4). The maximum absolute atomic E-state index is 10.6. The minimum atomic E-state index is -0.833. The van der Waals surface area contributed by atoms with Crippen LogP contribution in [0.2, 0.25) is 0 Å². The molecule has 0 bridgehead atoms. The number of aliphatic carboxylic acids is 1. The number of rotatable bonds is 1. The van der Waals surface area contributed by atoms with Crippen molar-refractivity contribution in [3.05, 3.63) is 12.0 Å². The van der Waals surface area contributed by atoms with Gasteiger partial charge in [-0.05, 0) is 6.42 Å². The molecule has 2 N–H and O–H groups in total. The minimum absolute atomic E-state index is 0.244. The Hall–Kier alpha value is -1.52. The lowest BCUT2D eigenvalue weighted by molar-refractivity contribution is -0.138. The lowest BCUT2D eigenvalue weighted by atomic mass is 10.0. The highest BCUT2D eigenvalue weighted by atomic mass is 16.5. The molecule has 1 rings (SSSR count). The van der Waals surface area contributed by atoms with Gasteiger partial charge >= 0.3 is 5.97 Å². The molecular weight excluding hydrogens is 198 g/mol. The van der Waals surface area contributed by atoms with Crippen molar-refractivity contribution in [3.8, 4) is 0 Å². The van der Waals surface area contributed by atoms with E-state index in [0.29, 0.717) is 5.92 Å². The maximum atomic E-state index is 10.6. The van der Waals surface area contributed by atoms with Gasteiger partial charge in [0.25, 0.3) is 5.97 Å². The molecule has 1 aliphatic heterocycles. The van der Waals surface area contributed by atoms with E-state index in [9.17, 15) is 4.79 Å². The molecule has 0 aromatic rings. The number of carbonyl (C=O) groups is 2. The van der Waals surface area contributed by atoms with E-state index < -0.39 is 5.97 Å². The molecule has 5 heteroatoms. The monoisotopic (exact) mass is 215 g/mol. The Morgan fingerprint density at radius 1 is 1.53 bits per heavy atom. The number of carboxylic acid groups (broad SMARTS) is 1. The van der Waals surface area contributed by atoms with Gasteiger partial charge in [-0.1, -0.05) is 6.92 Å². The average Bonchev–Trinajstić information content (AvgIpc) is 2.07. The van der Waals surface area contributed by atoms with Crippen molar-refractivity contribution >= 4 is 11.9 Å². The summed E-state index contributed by atoms with van der Waals surface area (Å²) in [6.45, 7) is 5.52. The Morgan fingerprint density at radius 2 is 2.07 bits per heavy atom. The van der Waals surface area contributed by atoms with Crippen molar-refractivity contribution in [1.82, 2.24) is 5.32 Å². The third kappa shape index (κ3) is 7.54. The molecule has 5 nitrogen and oxygen atoms in total. The number of hydrogen-bond donors (Lipinski definition) is 2. The van der Waals surface area contributed by atoms with E-state index in [1.165, 1.54) is 6.92 Å². The zero-order valence-corrected chi connectivity index (χ0v) is 9.24. The highest BCUT2D eigenvalue weighted by Gasteiger charge is 2.15. The summed E-state index contributed by atoms with van der Waals surface area (Å²) < 4.78 is 4.96. The second kappa shape index (κ2) is 6.86. The van der Waals surface area contributed by atoms with E-state index in [1.54, 1.807) is 6.20 Å². The normalized spacial score (nSPS) is 18.9. The van der Waals surface area contributed by atoms with Gasteiger partial charge in [0, 0.05) is 32.5 Å². The maximum Gasteiger partial charge on any atom is 0.307 e. The molecule has 1 aliphatic rings. The fraction of sp³-hybridized carbons (Fsp3) is 0.600. The van der Waals surface area contributed by atoms with Crippen LogP contribution in [-0.2, 0) is 14.3 Å². The summed E-state index contributed by atoms with van der Waals surface area (Å²) >= 11 is 0. The Morgan fingerprint density at radius 3 is 2.47 bits per heavy atom. The summed E-state index contributed by atoms with van der Waals surface area (Å²) in [5.41, 5.74) is 0. The van der Waals surface area contributed by atoms with Crippen molar-refractivity contribution in [1.29, 1.82) is 0 Å². The molecule has 0 amide bonds. The second-order valence-electron chi connectivity index (χ2n) is 3.30. The quantitative estimate of drug-likeness (QED) is 0.641. The van der Waals surface area contributed by atoms with Crippen molar-refractivity contribution in [3.63, 3.8) is 0 Å². The molecule has 1 heterocycles. The molecule has 0 aromatic heterocycles. The van der Waals surface area contributed by atoms with Gasteiger partial charge in [-0.3, -0.25) is 9.59 Å². The smallest absolute Gasteiger partial charge is 0.307 e. The van der Waals surface area contributed by atoms with E-state index in [1.807, 2.05) is 0 Å². The lowest BCUT2D eigenvalue weighted by Gasteiger charge is -2.19. The van der Waals surface area contributed by atoms with Crippen LogP contribution < -0.4 is 5.32 Å². The SMILES string of the molecule is CC(=O)O.CC(=O)OC1=CNCCC1C. The van der Waals surface area contributed by atoms with Gasteiger partial charge in [-0.2, -0.15) is 0 Å². The molecular formula is C10H17NO4. The van der Waals surface area contributed by atoms with Crippen LogP contribution in [-0.4, -0.2) is 23.6 Å². The van der Waals surface area contributed by atoms with Gasteiger partial charge in [-0.15, -0.1) is 0 Å². The van der Waals surface area contributed by atoms with E-state index in [0.717, 1.165) is 25.6 Å². The fourth-order valence-electron chi connectivity index (χ4n) is 1.05. The van der Waals surface area contributed by atoms with E-state index in [-0.39, 0.29) is 5.97 Å². The van der Waals surface area contributed by atoms with E-state index in [4.69, 9.17) is 14.6 Å². The van der Waals surface area contributed by atoms with Gasteiger partial charge in [0.1, 0.15) is 5.76 Å². The summed E-state index contributed by atoms with van der Waals surface area (Å²) in [6, 6.07) is 0. The molecule has 1 unspecified atom stereocenters. The van der Waals surface area contributed by atoms with Crippen LogP contribution in [0.15, 0.2) is 12.0 Å². The number of nitrogens with one attached hydrogen (secondary N) is 1. The predicted octanol–water partition coefficient (Wildman–Crippen LogP) is 1.11. The molecule has 0 spiro atoms. The summed E-state index contributed by atoms with van der Waals surface area (Å²) in [5.74, 6) is 0.0377. The van der Waals surface area contributed by atoms with Gasteiger partial charge < -0.3 is 15.2 Å². The van der Waals surface area contributed by atoms with Crippen LogP contribution in [0.5, 0.6) is 0 Å². The molecule has 0 aliphatic carbocycles. The van der Waals surface area contributed by atoms with Gasteiger partial charge in [0.2, 0.25) is 0 Å². The average molecular weight is 215 g/mol. The van der Waals surface area contributed by atoms with Gasteiger partial charge in [0.15, 0.2) is 0 Å². The van der Waals surface area contributed by atoms with Crippen LogP contribution in [0, 0.1) is 5.92 Å². The predicted molar refractivity (Wildman–Crippen MR) is 54.9 cm³/mol. The van der Waals surface area contributed by atoms with Gasteiger partial charge in [0.05, 0.1) is 0 Å². The second-order valence-corrected chi connectivity index (χ2v) is 3.30. The van der Waals surface area contributed by atoms with E-state index in [2.05, 4.69) is 12.2 Å². The van der Waals surface area contributed by atoms with Gasteiger partial charge in [-0.25, -0.2) is 0 Å². The van der Waals surface area contributed by atoms with Crippen molar-refractivity contribution in [2.45, 2.75) is 27.2 Å². The topological polar surface area (TPSA) is 75.6 Å². The van der Waals surface area contributed by atoms with Crippen LogP contribution in [0.4, 0.5) is 0 Å². The Kier molecular flexibility index (Phi) is 6.17. The number of carboxylic acids is 1. The first-order valence-electron chi connectivity index (χ1n) is 4.75. The Balaban J connectivity index is 0.000000423. The van der Waals surface area contributed by atoms with Crippen molar-refractivity contribution < 1.29 is 19.4 Å². The summed E-state index contributed by atoms with van der Waals surface area (Å²) in [5, 5.41) is 10.4. The molecule has 0 fully saturated rings. The first-order valence-corrected chi connectivity index (χ1v) is 4.75. The van der Waals surface area contributed by atoms with Crippen LogP contribution in [0.3, 0.4) is 0 Å². The number of hydrogen-bond acceptors (Lipinski definition) is 4. The molecule has 0 saturated heterocycles. The Labute approximate surface area is 89.1 Å². The fourth-order valence-corrected chi connectivity index (χ4v) is 1.05. The summed E-state index contributed by atoms with van der Waals surface area (Å²) in [7, 11) is 0. The molecule has 0 saturated carbocycles. The minimum Gasteiger partial charge on any atom is -0.481 e. The Bertz CT molecular complexity index is 256. The lowest BCUT2D eigenvalue weighted by Crippen LogP contribution is -2.22. The molecule has 86 valence electrons. The zero-order valence-electron chi connectivity index (χ0n) is 9.24. The zero-order chi connectivity index (χ0) is 11.8. The highest BCUT2D eigenvalue weighted by molar-refractivity contribution is 5.67. The molecule has 0 aromatic carbocycles. The third-order valence-corrected chi connectivity index (χ3v) is 1.71. The number of carbonyl (C=O) groups excluding carboxylic acids is 1. The molecule has 15 heavy (non-hydrogen) atoms. The van der Waals surface area contributed by atoms with Crippen molar-refractivity contribution in [2.75, 3.05) is 6.54 Å².